The fraction of sp³-hybridized carbons (Fsp3) is 0.385. The molecule has 0 aliphatic rings. The van der Waals surface area contributed by atoms with Gasteiger partial charge in [-0.25, -0.2) is 9.89 Å². The zero-order chi connectivity index (χ0) is 14.5. The lowest BCUT2D eigenvalue weighted by molar-refractivity contribution is 0.673. The van der Waals surface area contributed by atoms with Crippen LogP contribution in [0.1, 0.15) is 18.9 Å². The van der Waals surface area contributed by atoms with E-state index in [9.17, 15) is 4.79 Å². The van der Waals surface area contributed by atoms with E-state index in [2.05, 4.69) is 44.4 Å². The van der Waals surface area contributed by atoms with Gasteiger partial charge in [-0.3, -0.25) is 4.57 Å². The molecule has 0 aliphatic carbocycles. The van der Waals surface area contributed by atoms with Crippen molar-refractivity contribution in [3.8, 4) is 0 Å². The highest BCUT2D eigenvalue weighted by Crippen LogP contribution is 2.29. The second-order valence-electron chi connectivity index (χ2n) is 4.40. The first-order valence-electron chi connectivity index (χ1n) is 6.40. The van der Waals surface area contributed by atoms with E-state index in [1.807, 2.05) is 12.1 Å². The van der Waals surface area contributed by atoms with Gasteiger partial charge in [0.25, 0.3) is 0 Å². The fourth-order valence-corrected chi connectivity index (χ4v) is 3.17. The number of hydrogen-bond donors (Lipinski definition) is 2. The van der Waals surface area contributed by atoms with Gasteiger partial charge in [0.15, 0.2) is 5.16 Å². The van der Waals surface area contributed by atoms with Crippen molar-refractivity contribution >= 4 is 27.7 Å². The predicted octanol–water partition coefficient (Wildman–Crippen LogP) is 2.52. The molecule has 0 atom stereocenters. The van der Waals surface area contributed by atoms with Crippen LogP contribution in [0.15, 0.2) is 37.5 Å². The molecule has 0 saturated carbocycles. The summed E-state index contributed by atoms with van der Waals surface area (Å²) in [5, 5.41) is 10.4. The molecule has 1 heterocycles. The maximum absolute atomic E-state index is 11.3. The van der Waals surface area contributed by atoms with Gasteiger partial charge in [-0.1, -0.05) is 28.9 Å². The highest BCUT2D eigenvalue weighted by molar-refractivity contribution is 9.10. The number of hydrogen-bond acceptors (Lipinski definition) is 4. The molecule has 0 spiro atoms. The number of aromatic nitrogens is 3. The molecule has 108 valence electrons. The summed E-state index contributed by atoms with van der Waals surface area (Å²) in [6, 6.07) is 6.17. The molecule has 0 radical (unpaired) electrons. The average molecular weight is 357 g/mol. The Bertz CT molecular complexity index is 638. The van der Waals surface area contributed by atoms with Crippen LogP contribution in [0.5, 0.6) is 0 Å². The van der Waals surface area contributed by atoms with Crippen molar-refractivity contribution in [1.82, 2.24) is 20.1 Å². The standard InChI is InChI=1S/C13H17BrN4OS/c1-3-6-15-8-9-4-5-10(7-11(9)14)20-13-17-16-12(19)18(13)2/h4-5,7,15H,3,6,8H2,1-2H3,(H,16,19). The lowest BCUT2D eigenvalue weighted by Crippen LogP contribution is -2.14. The number of H-pyrrole nitrogens is 1. The van der Waals surface area contributed by atoms with Gasteiger partial charge < -0.3 is 5.32 Å². The molecule has 0 fully saturated rings. The largest absolute Gasteiger partial charge is 0.343 e. The van der Waals surface area contributed by atoms with E-state index in [0.29, 0.717) is 5.16 Å². The Morgan fingerprint density at radius 1 is 1.50 bits per heavy atom. The molecular weight excluding hydrogens is 340 g/mol. The lowest BCUT2D eigenvalue weighted by atomic mass is 10.2. The van der Waals surface area contributed by atoms with Crippen molar-refractivity contribution in [2.45, 2.75) is 29.9 Å². The van der Waals surface area contributed by atoms with Crippen molar-refractivity contribution in [2.75, 3.05) is 6.54 Å². The van der Waals surface area contributed by atoms with E-state index >= 15 is 0 Å². The molecule has 1 aromatic carbocycles. The number of aromatic amines is 1. The van der Waals surface area contributed by atoms with E-state index in [1.165, 1.54) is 21.9 Å². The van der Waals surface area contributed by atoms with Crippen molar-refractivity contribution < 1.29 is 0 Å². The van der Waals surface area contributed by atoms with Crippen LogP contribution >= 0.6 is 27.7 Å². The monoisotopic (exact) mass is 356 g/mol. The second-order valence-corrected chi connectivity index (χ2v) is 6.30. The van der Waals surface area contributed by atoms with E-state index in [0.717, 1.165) is 28.9 Å². The third-order valence-electron chi connectivity index (χ3n) is 2.81. The SMILES string of the molecule is CCCNCc1ccc(Sc2n[nH]c(=O)n2C)cc1Br. The molecule has 0 aliphatic heterocycles. The predicted molar refractivity (Wildman–Crippen MR) is 84.1 cm³/mol. The van der Waals surface area contributed by atoms with Crippen LogP contribution in [0.2, 0.25) is 0 Å². The van der Waals surface area contributed by atoms with Gasteiger partial charge in [-0.15, -0.1) is 5.10 Å². The minimum absolute atomic E-state index is 0.202. The Kier molecular flexibility index (Phi) is 5.45. The van der Waals surface area contributed by atoms with Crippen molar-refractivity contribution in [3.63, 3.8) is 0 Å². The highest BCUT2D eigenvalue weighted by Gasteiger charge is 2.08. The maximum atomic E-state index is 11.3. The summed E-state index contributed by atoms with van der Waals surface area (Å²) in [5.74, 6) is 0. The minimum atomic E-state index is -0.202. The fourth-order valence-electron chi connectivity index (χ4n) is 1.66. The summed E-state index contributed by atoms with van der Waals surface area (Å²) in [6.07, 6.45) is 1.12. The van der Waals surface area contributed by atoms with Crippen molar-refractivity contribution in [2.24, 2.45) is 7.05 Å². The molecule has 20 heavy (non-hydrogen) atoms. The molecule has 5 nitrogen and oxygen atoms in total. The van der Waals surface area contributed by atoms with Gasteiger partial charge in [-0.05, 0) is 42.4 Å². The Hall–Kier alpha value is -1.05. The average Bonchev–Trinajstić information content (AvgIpc) is 2.73. The van der Waals surface area contributed by atoms with Crippen molar-refractivity contribution in [1.29, 1.82) is 0 Å². The summed E-state index contributed by atoms with van der Waals surface area (Å²) >= 11 is 5.04. The van der Waals surface area contributed by atoms with Crippen LogP contribution < -0.4 is 11.0 Å². The zero-order valence-corrected chi connectivity index (χ0v) is 13.8. The first-order valence-corrected chi connectivity index (χ1v) is 8.01. The third kappa shape index (κ3) is 3.74. The molecular formula is C13H17BrN4OS. The topological polar surface area (TPSA) is 62.7 Å². The number of rotatable bonds is 6. The van der Waals surface area contributed by atoms with Gasteiger partial charge in [0.2, 0.25) is 0 Å². The van der Waals surface area contributed by atoms with Gasteiger partial charge >= 0.3 is 5.69 Å². The molecule has 2 rings (SSSR count). The van der Waals surface area contributed by atoms with Crippen molar-refractivity contribution in [3.05, 3.63) is 38.7 Å². The summed E-state index contributed by atoms with van der Waals surface area (Å²) in [4.78, 5) is 12.4. The molecule has 7 heteroatoms. The van der Waals surface area contributed by atoms with Crippen LogP contribution in [0.25, 0.3) is 0 Å². The maximum Gasteiger partial charge on any atom is 0.343 e. The molecule has 0 amide bonds. The molecule has 0 saturated heterocycles. The van der Waals surface area contributed by atoms with Gasteiger partial charge in [0, 0.05) is 23.0 Å². The summed E-state index contributed by atoms with van der Waals surface area (Å²) < 4.78 is 2.56. The number of benzene rings is 1. The van der Waals surface area contributed by atoms with E-state index in [4.69, 9.17) is 0 Å². The summed E-state index contributed by atoms with van der Waals surface area (Å²) in [5.41, 5.74) is 1.02. The Morgan fingerprint density at radius 3 is 2.90 bits per heavy atom. The Balaban J connectivity index is 2.09. The lowest BCUT2D eigenvalue weighted by Gasteiger charge is -2.08. The van der Waals surface area contributed by atoms with E-state index in [1.54, 1.807) is 7.05 Å². The molecule has 0 unspecified atom stereocenters. The Morgan fingerprint density at radius 2 is 2.30 bits per heavy atom. The van der Waals surface area contributed by atoms with Crippen LogP contribution in [-0.2, 0) is 13.6 Å². The molecule has 2 N–H and O–H groups in total. The molecule has 0 bridgehead atoms. The van der Waals surface area contributed by atoms with Gasteiger partial charge in [0.1, 0.15) is 0 Å². The quantitative estimate of drug-likeness (QED) is 0.780. The van der Waals surface area contributed by atoms with Gasteiger partial charge in [0.05, 0.1) is 0 Å². The number of nitrogens with one attached hydrogen (secondary N) is 2. The van der Waals surface area contributed by atoms with E-state index < -0.39 is 0 Å². The van der Waals surface area contributed by atoms with E-state index in [-0.39, 0.29) is 5.69 Å². The smallest absolute Gasteiger partial charge is 0.313 e. The van der Waals surface area contributed by atoms with Crippen LogP contribution in [0.4, 0.5) is 0 Å². The third-order valence-corrected chi connectivity index (χ3v) is 4.59. The second kappa shape index (κ2) is 7.10. The minimum Gasteiger partial charge on any atom is -0.313 e. The molecule has 1 aromatic heterocycles. The highest BCUT2D eigenvalue weighted by atomic mass is 79.9. The van der Waals surface area contributed by atoms with Crippen LogP contribution in [-0.4, -0.2) is 21.3 Å². The molecule has 2 aromatic rings. The normalized spacial score (nSPS) is 10.9. The Labute approximate surface area is 130 Å². The summed E-state index contributed by atoms with van der Waals surface area (Å²) in [6.45, 7) is 4.01. The number of nitrogens with zero attached hydrogens (tertiary/aromatic N) is 2. The van der Waals surface area contributed by atoms with Gasteiger partial charge in [-0.2, -0.15) is 0 Å². The first kappa shape index (κ1) is 15.3. The first-order chi connectivity index (χ1) is 9.61. The number of halogens is 1. The van der Waals surface area contributed by atoms with Crippen LogP contribution in [0, 0.1) is 0 Å². The summed E-state index contributed by atoms with van der Waals surface area (Å²) in [7, 11) is 1.70. The van der Waals surface area contributed by atoms with Crippen LogP contribution in [0.3, 0.4) is 0 Å². The zero-order valence-electron chi connectivity index (χ0n) is 11.4.